The predicted octanol–water partition coefficient (Wildman–Crippen LogP) is 5.13. The number of carbonyl (C=O) groups excluding carboxylic acids is 1. The SMILES string of the molecule is CCS(CC)(CCCCCCC1CCCO1)OC(=O)c1cccnc1. The van der Waals surface area contributed by atoms with Crippen molar-refractivity contribution in [1.29, 1.82) is 0 Å². The lowest BCUT2D eigenvalue weighted by Gasteiger charge is -2.37. The maximum Gasteiger partial charge on any atom is 0.350 e. The van der Waals surface area contributed by atoms with Gasteiger partial charge in [0.25, 0.3) is 0 Å². The molecule has 0 bridgehead atoms. The second-order valence-electron chi connectivity index (χ2n) is 6.70. The largest absolute Gasteiger partial charge is 0.412 e. The molecule has 0 aromatic carbocycles. The summed E-state index contributed by atoms with van der Waals surface area (Å²) < 4.78 is 11.7. The van der Waals surface area contributed by atoms with Crippen LogP contribution in [0.2, 0.25) is 0 Å². The highest BCUT2D eigenvalue weighted by Gasteiger charge is 2.25. The Kier molecular flexibility index (Phi) is 8.76. The zero-order valence-corrected chi connectivity index (χ0v) is 16.6. The van der Waals surface area contributed by atoms with E-state index in [1.807, 2.05) is 0 Å². The Bertz CT molecular complexity index is 499. The first-order valence-electron chi connectivity index (χ1n) is 9.71. The summed E-state index contributed by atoms with van der Waals surface area (Å²) in [6.07, 6.45) is 12.3. The van der Waals surface area contributed by atoms with E-state index in [0.29, 0.717) is 11.7 Å². The average Bonchev–Trinajstić information content (AvgIpc) is 3.17. The zero-order chi connectivity index (χ0) is 18.0. The van der Waals surface area contributed by atoms with Crippen LogP contribution in [0.4, 0.5) is 0 Å². The quantitative estimate of drug-likeness (QED) is 0.509. The van der Waals surface area contributed by atoms with Crippen molar-refractivity contribution < 1.29 is 13.7 Å². The lowest BCUT2D eigenvalue weighted by Crippen LogP contribution is -2.19. The molecule has 1 atom stereocenters. The van der Waals surface area contributed by atoms with Gasteiger partial charge in [-0.05, 0) is 37.8 Å². The molecule has 5 heteroatoms. The van der Waals surface area contributed by atoms with Gasteiger partial charge in [-0.15, -0.1) is 0 Å². The van der Waals surface area contributed by atoms with Crippen molar-refractivity contribution in [2.24, 2.45) is 0 Å². The third-order valence-corrected chi connectivity index (χ3v) is 8.66. The fourth-order valence-electron chi connectivity index (χ4n) is 3.31. The number of rotatable bonds is 11. The second-order valence-corrected chi connectivity index (χ2v) is 10.4. The Hall–Kier alpha value is -1.07. The average molecular weight is 368 g/mol. The van der Waals surface area contributed by atoms with Gasteiger partial charge in [-0.1, -0.05) is 43.4 Å². The van der Waals surface area contributed by atoms with Crippen molar-refractivity contribution in [3.05, 3.63) is 30.1 Å². The number of unbranched alkanes of at least 4 members (excludes halogenated alkanes) is 3. The maximum atomic E-state index is 12.4. The first-order valence-corrected chi connectivity index (χ1v) is 11.8. The summed E-state index contributed by atoms with van der Waals surface area (Å²) in [6, 6.07) is 3.55. The minimum atomic E-state index is -1.32. The van der Waals surface area contributed by atoms with Crippen molar-refractivity contribution in [2.75, 3.05) is 23.9 Å². The van der Waals surface area contributed by atoms with Gasteiger partial charge >= 0.3 is 5.97 Å². The van der Waals surface area contributed by atoms with Gasteiger partial charge in [-0.2, -0.15) is 0 Å². The van der Waals surface area contributed by atoms with Crippen molar-refractivity contribution in [3.63, 3.8) is 0 Å². The highest BCUT2D eigenvalue weighted by molar-refractivity contribution is 8.30. The zero-order valence-electron chi connectivity index (χ0n) is 15.7. The number of ether oxygens (including phenoxy) is 1. The van der Waals surface area contributed by atoms with E-state index in [2.05, 4.69) is 18.8 Å². The summed E-state index contributed by atoms with van der Waals surface area (Å²) in [6.45, 7) is 5.24. The first kappa shape index (κ1) is 20.2. The molecule has 0 spiro atoms. The van der Waals surface area contributed by atoms with E-state index in [-0.39, 0.29) is 5.97 Å². The van der Waals surface area contributed by atoms with Gasteiger partial charge in [0.2, 0.25) is 0 Å². The van der Waals surface area contributed by atoms with Crippen LogP contribution in [0.25, 0.3) is 0 Å². The van der Waals surface area contributed by atoms with Crippen LogP contribution in [-0.4, -0.2) is 40.9 Å². The van der Waals surface area contributed by atoms with Crippen molar-refractivity contribution in [1.82, 2.24) is 4.98 Å². The third kappa shape index (κ3) is 6.63. The van der Waals surface area contributed by atoms with Gasteiger partial charge in [-0.25, -0.2) is 4.79 Å². The molecule has 1 aliphatic heterocycles. The van der Waals surface area contributed by atoms with Crippen LogP contribution in [0.1, 0.15) is 69.2 Å². The van der Waals surface area contributed by atoms with Crippen LogP contribution in [-0.2, 0) is 8.92 Å². The number of nitrogens with zero attached hydrogens (tertiary/aromatic N) is 1. The minimum absolute atomic E-state index is 0.217. The van der Waals surface area contributed by atoms with Gasteiger partial charge in [-0.3, -0.25) is 4.98 Å². The molecule has 0 amide bonds. The molecule has 0 radical (unpaired) electrons. The summed E-state index contributed by atoms with van der Waals surface area (Å²) in [5.41, 5.74) is 0.554. The highest BCUT2D eigenvalue weighted by Crippen LogP contribution is 2.50. The lowest BCUT2D eigenvalue weighted by atomic mass is 10.1. The van der Waals surface area contributed by atoms with E-state index in [9.17, 15) is 4.79 Å². The molecule has 1 aromatic heterocycles. The Balaban J connectivity index is 1.71. The number of hydrogen-bond donors (Lipinski definition) is 0. The molecule has 2 heterocycles. The summed E-state index contributed by atoms with van der Waals surface area (Å²) in [4.78, 5) is 16.4. The maximum absolute atomic E-state index is 12.4. The lowest BCUT2D eigenvalue weighted by molar-refractivity contribution is 0.0757. The van der Waals surface area contributed by atoms with E-state index in [0.717, 1.165) is 30.3 Å². The Morgan fingerprint density at radius 2 is 2.08 bits per heavy atom. The Morgan fingerprint density at radius 3 is 2.72 bits per heavy atom. The fraction of sp³-hybridized carbons (Fsp3) is 0.700. The molecule has 25 heavy (non-hydrogen) atoms. The standard InChI is InChI=1S/C20H33NO3S/c1-3-25(4-2,24-20(22)18-11-9-14-21-17-18)16-8-6-5-7-12-19-13-10-15-23-19/h9,11,14,17,19H,3-8,10,12-13,15-16H2,1-2H3. The second kappa shape index (κ2) is 10.8. The van der Waals surface area contributed by atoms with Gasteiger partial charge < -0.3 is 8.92 Å². The van der Waals surface area contributed by atoms with E-state index in [4.69, 9.17) is 8.92 Å². The number of pyridine rings is 1. The van der Waals surface area contributed by atoms with Crippen molar-refractivity contribution in [2.45, 2.75) is 64.9 Å². The first-order chi connectivity index (χ1) is 12.2. The van der Waals surface area contributed by atoms with E-state index in [1.165, 1.54) is 38.5 Å². The van der Waals surface area contributed by atoms with Crippen LogP contribution < -0.4 is 0 Å². The molecule has 1 aliphatic rings. The topological polar surface area (TPSA) is 48.4 Å². The highest BCUT2D eigenvalue weighted by atomic mass is 32.3. The monoisotopic (exact) mass is 367 g/mol. The molecule has 1 unspecified atom stereocenters. The molecule has 1 saturated heterocycles. The Labute approximate surface area is 154 Å². The summed E-state index contributed by atoms with van der Waals surface area (Å²) >= 11 is 0. The summed E-state index contributed by atoms with van der Waals surface area (Å²) in [7, 11) is -1.32. The third-order valence-electron chi connectivity index (χ3n) is 5.02. The van der Waals surface area contributed by atoms with Crippen LogP contribution >= 0.6 is 10.3 Å². The Morgan fingerprint density at radius 1 is 1.28 bits per heavy atom. The molecule has 2 rings (SSSR count). The van der Waals surface area contributed by atoms with Gasteiger partial charge in [0.1, 0.15) is 0 Å². The summed E-state index contributed by atoms with van der Waals surface area (Å²) in [5.74, 6) is 2.67. The molecule has 0 saturated carbocycles. The van der Waals surface area contributed by atoms with Crippen LogP contribution in [0, 0.1) is 0 Å². The molecule has 1 aromatic rings. The molecular weight excluding hydrogens is 334 g/mol. The van der Waals surface area contributed by atoms with Crippen LogP contribution in [0.5, 0.6) is 0 Å². The molecule has 4 nitrogen and oxygen atoms in total. The molecule has 142 valence electrons. The number of aromatic nitrogens is 1. The normalized spacial score (nSPS) is 18.2. The van der Waals surface area contributed by atoms with E-state index in [1.54, 1.807) is 24.5 Å². The van der Waals surface area contributed by atoms with E-state index < -0.39 is 10.3 Å². The van der Waals surface area contributed by atoms with Gasteiger partial charge in [0, 0.05) is 36.3 Å². The number of carbonyl (C=O) groups is 1. The van der Waals surface area contributed by atoms with Crippen molar-refractivity contribution >= 4 is 16.3 Å². The van der Waals surface area contributed by atoms with Crippen LogP contribution in [0.15, 0.2) is 24.5 Å². The molecule has 0 aliphatic carbocycles. The smallest absolute Gasteiger partial charge is 0.350 e. The predicted molar refractivity (Wildman–Crippen MR) is 105 cm³/mol. The van der Waals surface area contributed by atoms with Gasteiger partial charge in [0.15, 0.2) is 0 Å². The molecular formula is C20H33NO3S. The van der Waals surface area contributed by atoms with Gasteiger partial charge in [0.05, 0.1) is 11.7 Å². The van der Waals surface area contributed by atoms with Crippen molar-refractivity contribution in [3.8, 4) is 0 Å². The van der Waals surface area contributed by atoms with E-state index >= 15 is 0 Å². The van der Waals surface area contributed by atoms with Crippen LogP contribution in [0.3, 0.4) is 0 Å². The number of hydrogen-bond acceptors (Lipinski definition) is 4. The fourth-order valence-corrected chi connectivity index (χ4v) is 5.76. The minimum Gasteiger partial charge on any atom is -0.412 e. The molecule has 0 N–H and O–H groups in total. The summed E-state index contributed by atoms with van der Waals surface area (Å²) in [5, 5.41) is 0. The molecule has 1 fully saturated rings.